The molecule has 12 heavy (non-hydrogen) atoms. The average Bonchev–Trinajstić information content (AvgIpc) is 2.57. The third-order valence-electron chi connectivity index (χ3n) is 1.54. The summed E-state index contributed by atoms with van der Waals surface area (Å²) in [4.78, 5) is 0. The molecule has 1 atom stereocenters. The molecule has 1 unspecified atom stereocenters. The molecule has 0 aromatic carbocycles. The fourth-order valence-corrected chi connectivity index (χ4v) is 1.75. The van der Waals surface area contributed by atoms with E-state index in [1.807, 2.05) is 17.8 Å². The van der Waals surface area contributed by atoms with E-state index in [0.717, 1.165) is 23.8 Å². The Hall–Kier alpha value is -0.480. The fourth-order valence-electron chi connectivity index (χ4n) is 0.745. The van der Waals surface area contributed by atoms with E-state index in [1.165, 1.54) is 0 Å². The van der Waals surface area contributed by atoms with E-state index in [-0.39, 0.29) is 0 Å². The van der Waals surface area contributed by atoms with E-state index < -0.39 is 0 Å². The number of hydrogen-bond acceptors (Lipinski definition) is 4. The molecule has 0 aliphatic rings. The molecule has 2 N–H and O–H groups in total. The van der Waals surface area contributed by atoms with Crippen LogP contribution < -0.4 is 5.73 Å². The first-order valence-electron chi connectivity index (χ1n) is 4.00. The number of thioether (sulfide) groups is 1. The minimum absolute atomic E-state index is 0.581. The van der Waals surface area contributed by atoms with E-state index >= 15 is 0 Å². The van der Waals surface area contributed by atoms with E-state index in [2.05, 4.69) is 12.1 Å². The van der Waals surface area contributed by atoms with Crippen LogP contribution in [0.15, 0.2) is 16.8 Å². The second-order valence-electron chi connectivity index (χ2n) is 2.83. The summed E-state index contributed by atoms with van der Waals surface area (Å²) in [6.07, 6.45) is 1.67. The Morgan fingerprint density at radius 1 is 1.75 bits per heavy atom. The summed E-state index contributed by atoms with van der Waals surface area (Å²) < 4.78 is 4.95. The Kier molecular flexibility index (Phi) is 4.18. The standard InChI is InChI=1S/C8H14N2OS/c1-7(4-9)5-12-6-8-2-3-10-11-8/h2-3,7H,4-6,9H2,1H3. The van der Waals surface area contributed by atoms with Gasteiger partial charge in [-0.25, -0.2) is 0 Å². The normalized spacial score (nSPS) is 13.2. The van der Waals surface area contributed by atoms with E-state index in [4.69, 9.17) is 10.3 Å². The van der Waals surface area contributed by atoms with E-state index in [1.54, 1.807) is 6.20 Å². The van der Waals surface area contributed by atoms with Gasteiger partial charge in [-0.15, -0.1) is 0 Å². The average molecular weight is 186 g/mol. The maximum absolute atomic E-state index is 5.48. The van der Waals surface area contributed by atoms with Gasteiger partial charge in [-0.05, 0) is 18.2 Å². The molecule has 0 spiro atoms. The maximum atomic E-state index is 5.48. The Morgan fingerprint density at radius 3 is 3.17 bits per heavy atom. The number of rotatable bonds is 5. The summed E-state index contributed by atoms with van der Waals surface area (Å²) in [5.74, 6) is 3.49. The summed E-state index contributed by atoms with van der Waals surface area (Å²) in [5.41, 5.74) is 5.48. The van der Waals surface area contributed by atoms with Crippen LogP contribution in [0, 0.1) is 5.92 Å². The van der Waals surface area contributed by atoms with Crippen LogP contribution in [0.2, 0.25) is 0 Å². The van der Waals surface area contributed by atoms with Crippen LogP contribution in [0.4, 0.5) is 0 Å². The Balaban J connectivity index is 2.11. The van der Waals surface area contributed by atoms with Crippen LogP contribution in [0.3, 0.4) is 0 Å². The topological polar surface area (TPSA) is 52.0 Å². The van der Waals surface area contributed by atoms with Crippen LogP contribution in [0.1, 0.15) is 12.7 Å². The van der Waals surface area contributed by atoms with E-state index in [0.29, 0.717) is 5.92 Å². The molecule has 4 heteroatoms. The van der Waals surface area contributed by atoms with Gasteiger partial charge in [-0.2, -0.15) is 11.8 Å². The molecule has 1 aromatic rings. The van der Waals surface area contributed by atoms with Gasteiger partial charge in [0.1, 0.15) is 5.76 Å². The van der Waals surface area contributed by atoms with Gasteiger partial charge in [0.15, 0.2) is 0 Å². The van der Waals surface area contributed by atoms with Gasteiger partial charge in [-0.3, -0.25) is 0 Å². The summed E-state index contributed by atoms with van der Waals surface area (Å²) >= 11 is 1.83. The highest BCUT2D eigenvalue weighted by Crippen LogP contribution is 2.13. The van der Waals surface area contributed by atoms with Crippen LogP contribution in [0.25, 0.3) is 0 Å². The van der Waals surface area contributed by atoms with Crippen LogP contribution in [-0.2, 0) is 5.75 Å². The lowest BCUT2D eigenvalue weighted by Crippen LogP contribution is -2.12. The van der Waals surface area contributed by atoms with Crippen molar-refractivity contribution >= 4 is 11.8 Å². The van der Waals surface area contributed by atoms with Gasteiger partial charge < -0.3 is 10.3 Å². The molecule has 0 fully saturated rings. The Labute approximate surface area is 76.7 Å². The lowest BCUT2D eigenvalue weighted by Gasteiger charge is -2.05. The smallest absolute Gasteiger partial charge is 0.146 e. The molecule has 1 heterocycles. The monoisotopic (exact) mass is 186 g/mol. The molecule has 0 radical (unpaired) electrons. The summed E-state index contributed by atoms with van der Waals surface area (Å²) in [7, 11) is 0. The molecule has 3 nitrogen and oxygen atoms in total. The summed E-state index contributed by atoms with van der Waals surface area (Å²) in [6, 6.07) is 1.89. The molecule has 0 saturated heterocycles. The Bertz CT molecular complexity index is 201. The highest BCUT2D eigenvalue weighted by Gasteiger charge is 2.01. The second kappa shape index (κ2) is 5.22. The molecule has 1 rings (SSSR count). The van der Waals surface area contributed by atoms with Crippen LogP contribution in [0.5, 0.6) is 0 Å². The molecule has 0 saturated carbocycles. The van der Waals surface area contributed by atoms with Gasteiger partial charge in [0.05, 0.1) is 11.9 Å². The first-order valence-corrected chi connectivity index (χ1v) is 5.15. The quantitative estimate of drug-likeness (QED) is 0.757. The number of nitrogens with two attached hydrogens (primary N) is 1. The summed E-state index contributed by atoms with van der Waals surface area (Å²) in [5, 5.41) is 3.63. The zero-order chi connectivity index (χ0) is 8.81. The lowest BCUT2D eigenvalue weighted by atomic mass is 10.2. The minimum Gasteiger partial charge on any atom is -0.361 e. The van der Waals surface area contributed by atoms with Crippen molar-refractivity contribution in [3.8, 4) is 0 Å². The first-order chi connectivity index (χ1) is 5.83. The van der Waals surface area contributed by atoms with Crippen molar-refractivity contribution in [2.45, 2.75) is 12.7 Å². The maximum Gasteiger partial charge on any atom is 0.146 e. The SMILES string of the molecule is CC(CN)CSCc1ccno1. The predicted molar refractivity (Wildman–Crippen MR) is 50.9 cm³/mol. The van der Waals surface area contributed by atoms with Gasteiger partial charge >= 0.3 is 0 Å². The second-order valence-corrected chi connectivity index (χ2v) is 3.87. The van der Waals surface area contributed by atoms with Gasteiger partial charge in [0, 0.05) is 6.07 Å². The largest absolute Gasteiger partial charge is 0.361 e. The van der Waals surface area contributed by atoms with Crippen molar-refractivity contribution in [2.75, 3.05) is 12.3 Å². The molecule has 0 amide bonds. The number of hydrogen-bond donors (Lipinski definition) is 1. The van der Waals surface area contributed by atoms with Crippen molar-refractivity contribution < 1.29 is 4.52 Å². The van der Waals surface area contributed by atoms with Crippen LogP contribution in [-0.4, -0.2) is 17.5 Å². The van der Waals surface area contributed by atoms with Crippen molar-refractivity contribution in [3.05, 3.63) is 18.0 Å². The first kappa shape index (κ1) is 9.61. The summed E-state index contributed by atoms with van der Waals surface area (Å²) in [6.45, 7) is 2.90. The van der Waals surface area contributed by atoms with Gasteiger partial charge in [0.25, 0.3) is 0 Å². The Morgan fingerprint density at radius 2 is 2.58 bits per heavy atom. The molecule has 0 bridgehead atoms. The molecular weight excluding hydrogens is 172 g/mol. The molecular formula is C8H14N2OS. The number of nitrogens with zero attached hydrogens (tertiary/aromatic N) is 1. The third-order valence-corrected chi connectivity index (χ3v) is 2.83. The highest BCUT2D eigenvalue weighted by atomic mass is 32.2. The zero-order valence-electron chi connectivity index (χ0n) is 7.19. The molecule has 0 aliphatic carbocycles. The fraction of sp³-hybridized carbons (Fsp3) is 0.625. The molecule has 0 aliphatic heterocycles. The van der Waals surface area contributed by atoms with Crippen LogP contribution >= 0.6 is 11.8 Å². The van der Waals surface area contributed by atoms with Crippen molar-refractivity contribution in [2.24, 2.45) is 11.7 Å². The third kappa shape index (κ3) is 3.28. The van der Waals surface area contributed by atoms with E-state index in [9.17, 15) is 0 Å². The number of aromatic nitrogens is 1. The van der Waals surface area contributed by atoms with Crippen molar-refractivity contribution in [1.82, 2.24) is 5.16 Å². The van der Waals surface area contributed by atoms with Gasteiger partial charge in [0.2, 0.25) is 0 Å². The van der Waals surface area contributed by atoms with Crippen molar-refractivity contribution in [3.63, 3.8) is 0 Å². The molecule has 1 aromatic heterocycles. The van der Waals surface area contributed by atoms with Crippen molar-refractivity contribution in [1.29, 1.82) is 0 Å². The van der Waals surface area contributed by atoms with Gasteiger partial charge in [-0.1, -0.05) is 12.1 Å². The predicted octanol–water partition coefficient (Wildman–Crippen LogP) is 1.50. The lowest BCUT2D eigenvalue weighted by molar-refractivity contribution is 0.395. The highest BCUT2D eigenvalue weighted by molar-refractivity contribution is 7.98. The zero-order valence-corrected chi connectivity index (χ0v) is 8.01. The minimum atomic E-state index is 0.581. The molecule has 68 valence electrons.